The van der Waals surface area contributed by atoms with Crippen LogP contribution in [0.4, 0.5) is 4.39 Å². The standard InChI is InChI=1S/C15H17FN2O/c1-10-7-12(4-5-13(10)16)14(17)8-11-3-6-15(19-2)18-9-11/h3-7,9,14H,8,17H2,1-2H3. The smallest absolute Gasteiger partial charge is 0.212 e. The van der Waals surface area contributed by atoms with Crippen LogP contribution in [0.1, 0.15) is 22.7 Å². The molecule has 0 fully saturated rings. The predicted octanol–water partition coefficient (Wildman–Crippen LogP) is 2.78. The average molecular weight is 260 g/mol. The van der Waals surface area contributed by atoms with Crippen LogP contribution < -0.4 is 10.5 Å². The monoisotopic (exact) mass is 260 g/mol. The number of halogens is 1. The van der Waals surface area contributed by atoms with E-state index in [1.165, 1.54) is 6.07 Å². The van der Waals surface area contributed by atoms with Crippen LogP contribution in [-0.4, -0.2) is 12.1 Å². The number of methoxy groups -OCH3 is 1. The van der Waals surface area contributed by atoms with E-state index < -0.39 is 0 Å². The molecule has 0 spiro atoms. The Morgan fingerprint density at radius 1 is 1.32 bits per heavy atom. The van der Waals surface area contributed by atoms with Crippen LogP contribution in [0.5, 0.6) is 5.88 Å². The highest BCUT2D eigenvalue weighted by molar-refractivity contribution is 5.28. The molecule has 19 heavy (non-hydrogen) atoms. The normalized spacial score (nSPS) is 12.2. The Bertz CT molecular complexity index is 555. The van der Waals surface area contributed by atoms with Crippen molar-refractivity contribution in [3.8, 4) is 5.88 Å². The Balaban J connectivity index is 2.10. The molecule has 0 aliphatic heterocycles. The lowest BCUT2D eigenvalue weighted by atomic mass is 9.99. The zero-order valence-electron chi connectivity index (χ0n) is 11.1. The van der Waals surface area contributed by atoms with Gasteiger partial charge in [-0.3, -0.25) is 0 Å². The maximum Gasteiger partial charge on any atom is 0.212 e. The van der Waals surface area contributed by atoms with Crippen molar-refractivity contribution in [2.24, 2.45) is 5.73 Å². The first-order valence-electron chi connectivity index (χ1n) is 6.10. The van der Waals surface area contributed by atoms with Gasteiger partial charge in [0.2, 0.25) is 5.88 Å². The van der Waals surface area contributed by atoms with E-state index in [1.54, 1.807) is 38.4 Å². The summed E-state index contributed by atoms with van der Waals surface area (Å²) < 4.78 is 18.2. The fraction of sp³-hybridized carbons (Fsp3) is 0.267. The minimum atomic E-state index is -0.206. The average Bonchev–Trinajstić information content (AvgIpc) is 2.42. The van der Waals surface area contributed by atoms with Gasteiger partial charge < -0.3 is 10.5 Å². The van der Waals surface area contributed by atoms with Gasteiger partial charge in [0.25, 0.3) is 0 Å². The van der Waals surface area contributed by atoms with Gasteiger partial charge in [-0.15, -0.1) is 0 Å². The summed E-state index contributed by atoms with van der Waals surface area (Å²) in [4.78, 5) is 4.14. The third kappa shape index (κ3) is 3.29. The van der Waals surface area contributed by atoms with E-state index in [9.17, 15) is 4.39 Å². The maximum absolute atomic E-state index is 13.2. The molecule has 4 heteroatoms. The third-order valence-electron chi connectivity index (χ3n) is 3.07. The highest BCUT2D eigenvalue weighted by atomic mass is 19.1. The fourth-order valence-electron chi connectivity index (χ4n) is 1.92. The van der Waals surface area contributed by atoms with Crippen molar-refractivity contribution in [3.05, 3.63) is 59.0 Å². The summed E-state index contributed by atoms with van der Waals surface area (Å²) in [6.07, 6.45) is 2.40. The minimum absolute atomic E-state index is 0.172. The Morgan fingerprint density at radius 3 is 2.68 bits per heavy atom. The molecule has 100 valence electrons. The van der Waals surface area contributed by atoms with Gasteiger partial charge in [-0.05, 0) is 36.1 Å². The van der Waals surface area contributed by atoms with Crippen molar-refractivity contribution < 1.29 is 9.13 Å². The van der Waals surface area contributed by atoms with Gasteiger partial charge >= 0.3 is 0 Å². The third-order valence-corrected chi connectivity index (χ3v) is 3.07. The topological polar surface area (TPSA) is 48.1 Å². The molecule has 1 unspecified atom stereocenters. The Hall–Kier alpha value is -1.94. The van der Waals surface area contributed by atoms with Crippen LogP contribution in [0, 0.1) is 12.7 Å². The number of aryl methyl sites for hydroxylation is 1. The Labute approximate surface area is 112 Å². The van der Waals surface area contributed by atoms with Gasteiger partial charge in [-0.2, -0.15) is 0 Å². The van der Waals surface area contributed by atoms with Crippen molar-refractivity contribution >= 4 is 0 Å². The first-order chi connectivity index (χ1) is 9.10. The molecule has 0 saturated heterocycles. The zero-order chi connectivity index (χ0) is 13.8. The van der Waals surface area contributed by atoms with E-state index in [2.05, 4.69) is 4.98 Å². The number of aromatic nitrogens is 1. The number of hydrogen-bond acceptors (Lipinski definition) is 3. The van der Waals surface area contributed by atoms with E-state index in [4.69, 9.17) is 10.5 Å². The van der Waals surface area contributed by atoms with Gasteiger partial charge in [0.05, 0.1) is 7.11 Å². The summed E-state index contributed by atoms with van der Waals surface area (Å²) in [6, 6.07) is 8.53. The van der Waals surface area contributed by atoms with Crippen LogP contribution >= 0.6 is 0 Å². The molecule has 2 aromatic rings. The van der Waals surface area contributed by atoms with Crippen molar-refractivity contribution in [2.75, 3.05) is 7.11 Å². The summed E-state index contributed by atoms with van der Waals surface area (Å²) in [6.45, 7) is 1.74. The molecule has 1 heterocycles. The molecule has 1 aromatic carbocycles. The molecule has 0 aliphatic rings. The first-order valence-corrected chi connectivity index (χ1v) is 6.10. The van der Waals surface area contributed by atoms with Crippen LogP contribution in [0.25, 0.3) is 0 Å². The lowest BCUT2D eigenvalue weighted by molar-refractivity contribution is 0.397. The molecule has 0 aliphatic carbocycles. The van der Waals surface area contributed by atoms with Crippen LogP contribution in [0.3, 0.4) is 0 Å². The predicted molar refractivity (Wildman–Crippen MR) is 72.6 cm³/mol. The lowest BCUT2D eigenvalue weighted by Crippen LogP contribution is -2.13. The molecule has 2 N–H and O–H groups in total. The van der Waals surface area contributed by atoms with Crippen molar-refractivity contribution in [3.63, 3.8) is 0 Å². The van der Waals surface area contributed by atoms with Crippen molar-refractivity contribution in [2.45, 2.75) is 19.4 Å². The number of rotatable bonds is 4. The lowest BCUT2D eigenvalue weighted by Gasteiger charge is -2.13. The fourth-order valence-corrected chi connectivity index (χ4v) is 1.92. The zero-order valence-corrected chi connectivity index (χ0v) is 11.1. The first kappa shape index (κ1) is 13.5. The highest BCUT2D eigenvalue weighted by Crippen LogP contribution is 2.19. The van der Waals surface area contributed by atoms with E-state index >= 15 is 0 Å². The molecular weight excluding hydrogens is 243 g/mol. The molecule has 1 aromatic heterocycles. The second kappa shape index (κ2) is 5.80. The molecule has 2 rings (SSSR count). The molecule has 3 nitrogen and oxygen atoms in total. The van der Waals surface area contributed by atoms with Gasteiger partial charge in [0.1, 0.15) is 5.82 Å². The van der Waals surface area contributed by atoms with E-state index in [-0.39, 0.29) is 11.9 Å². The molecular formula is C15H17FN2O. The Morgan fingerprint density at radius 2 is 2.11 bits per heavy atom. The van der Waals surface area contributed by atoms with Crippen molar-refractivity contribution in [1.29, 1.82) is 0 Å². The number of ether oxygens (including phenoxy) is 1. The van der Waals surface area contributed by atoms with Crippen molar-refractivity contribution in [1.82, 2.24) is 4.98 Å². The quantitative estimate of drug-likeness (QED) is 0.919. The second-order valence-corrected chi connectivity index (χ2v) is 4.53. The second-order valence-electron chi connectivity index (χ2n) is 4.53. The summed E-state index contributed by atoms with van der Waals surface area (Å²) in [5.41, 5.74) is 8.70. The summed E-state index contributed by atoms with van der Waals surface area (Å²) >= 11 is 0. The van der Waals surface area contributed by atoms with Gasteiger partial charge in [0.15, 0.2) is 0 Å². The minimum Gasteiger partial charge on any atom is -0.481 e. The van der Waals surface area contributed by atoms with E-state index in [0.717, 1.165) is 11.1 Å². The number of pyridine rings is 1. The van der Waals surface area contributed by atoms with Crippen LogP contribution in [-0.2, 0) is 6.42 Å². The molecule has 0 saturated carbocycles. The molecule has 1 atom stereocenters. The van der Waals surface area contributed by atoms with Crippen LogP contribution in [0.2, 0.25) is 0 Å². The van der Waals surface area contributed by atoms with Gasteiger partial charge in [-0.1, -0.05) is 18.2 Å². The maximum atomic E-state index is 13.2. The largest absolute Gasteiger partial charge is 0.481 e. The number of nitrogens with zero attached hydrogens (tertiary/aromatic N) is 1. The Kier molecular flexibility index (Phi) is 4.12. The highest BCUT2D eigenvalue weighted by Gasteiger charge is 2.09. The molecule has 0 radical (unpaired) electrons. The summed E-state index contributed by atoms with van der Waals surface area (Å²) in [7, 11) is 1.58. The molecule has 0 bridgehead atoms. The number of nitrogens with two attached hydrogens (primary N) is 1. The SMILES string of the molecule is COc1ccc(CC(N)c2ccc(F)c(C)c2)cn1. The van der Waals surface area contributed by atoms with Gasteiger partial charge in [0, 0.05) is 18.3 Å². The number of hydrogen-bond donors (Lipinski definition) is 1. The molecule has 0 amide bonds. The van der Waals surface area contributed by atoms with Gasteiger partial charge in [-0.25, -0.2) is 9.37 Å². The van der Waals surface area contributed by atoms with Crippen LogP contribution in [0.15, 0.2) is 36.5 Å². The summed E-state index contributed by atoms with van der Waals surface area (Å²) in [5.74, 6) is 0.372. The van der Waals surface area contributed by atoms with E-state index in [0.29, 0.717) is 17.9 Å². The van der Waals surface area contributed by atoms with E-state index in [1.807, 2.05) is 6.07 Å². The number of benzene rings is 1. The summed E-state index contributed by atoms with van der Waals surface area (Å²) in [5, 5.41) is 0.